The standard InChI is InChI=1S/2C5H5.2CO.Hf/c2*1-2-4-5-3-1;2*1-2;/h2*1-3H,4H2;;;. The van der Waals surface area contributed by atoms with Gasteiger partial charge in [0.2, 0.25) is 0 Å². The molecule has 2 aliphatic rings. The van der Waals surface area contributed by atoms with Crippen LogP contribution in [0.25, 0.3) is 0 Å². The Bertz CT molecular complexity index is 271. The second kappa shape index (κ2) is 9.71. The molecule has 0 atom stereocenters. The minimum Gasteiger partial charge on any atom is -0.281 e. The molecule has 15 heavy (non-hydrogen) atoms. The van der Waals surface area contributed by atoms with E-state index in [1.165, 1.54) is 12.8 Å². The molecule has 0 aromatic rings. The molecule has 0 saturated carbocycles. The van der Waals surface area contributed by atoms with E-state index in [1.807, 2.05) is 0 Å². The van der Waals surface area contributed by atoms with Crippen LogP contribution in [0.15, 0.2) is 43.1 Å². The third-order valence-electron chi connectivity index (χ3n) is 1.86. The molecule has 0 spiro atoms. The minimum absolute atomic E-state index is 0.526. The molecule has 0 saturated heterocycles. The number of rotatable bonds is 2. The minimum atomic E-state index is -0.526. The molecule has 0 bridgehead atoms. The van der Waals surface area contributed by atoms with Crippen LogP contribution in [0.4, 0.5) is 0 Å². The van der Waals surface area contributed by atoms with E-state index in [4.69, 9.17) is 9.59 Å². The summed E-state index contributed by atoms with van der Waals surface area (Å²) in [5.74, 6) is 0. The van der Waals surface area contributed by atoms with E-state index in [0.717, 1.165) is 0 Å². The van der Waals surface area contributed by atoms with Crippen molar-refractivity contribution in [2.45, 2.75) is 12.8 Å². The largest absolute Gasteiger partial charge is 0.281 e. The molecule has 0 amide bonds. The quantitative estimate of drug-likeness (QED) is 0.702. The first-order chi connectivity index (χ1) is 7.45. The van der Waals surface area contributed by atoms with Crippen molar-refractivity contribution in [1.29, 1.82) is 0 Å². The fourth-order valence-corrected chi connectivity index (χ4v) is 5.64. The van der Waals surface area contributed by atoms with Gasteiger partial charge in [-0.05, 0) is 0 Å². The summed E-state index contributed by atoms with van der Waals surface area (Å²) in [6.45, 7) is 9.00. The van der Waals surface area contributed by atoms with Gasteiger partial charge in [0.05, 0.1) is 0 Å². The summed E-state index contributed by atoms with van der Waals surface area (Å²) in [5, 5.41) is 0. The first-order valence-corrected chi connectivity index (χ1v) is 7.94. The van der Waals surface area contributed by atoms with Gasteiger partial charge in [-0.2, -0.15) is 0 Å². The van der Waals surface area contributed by atoms with E-state index < -0.39 is 22.9 Å². The van der Waals surface area contributed by atoms with Gasteiger partial charge in [0.1, 0.15) is 0 Å². The Balaban J connectivity index is 0.000000442. The van der Waals surface area contributed by atoms with Crippen LogP contribution < -0.4 is 0 Å². The number of hydrogen-bond acceptors (Lipinski definition) is 2. The van der Waals surface area contributed by atoms with E-state index in [9.17, 15) is 0 Å². The Morgan fingerprint density at radius 2 is 1.27 bits per heavy atom. The summed E-state index contributed by atoms with van der Waals surface area (Å²) in [6.07, 6.45) is 16.1. The summed E-state index contributed by atoms with van der Waals surface area (Å²) in [5.41, 5.74) is 0. The van der Waals surface area contributed by atoms with Crippen LogP contribution in [0.1, 0.15) is 12.8 Å². The zero-order chi connectivity index (χ0) is 11.5. The first-order valence-electron chi connectivity index (χ1n) is 4.34. The van der Waals surface area contributed by atoms with Gasteiger partial charge in [-0.1, -0.05) is 0 Å². The molecule has 0 heterocycles. The molecule has 2 nitrogen and oxygen atoms in total. The predicted molar refractivity (Wildman–Crippen MR) is 55.1 cm³/mol. The van der Waals surface area contributed by atoms with Gasteiger partial charge in [0.15, 0.2) is 0 Å². The second-order valence-electron chi connectivity index (χ2n) is 2.77. The van der Waals surface area contributed by atoms with Crippen molar-refractivity contribution in [2.24, 2.45) is 0 Å². The fourth-order valence-electron chi connectivity index (χ4n) is 1.29. The molecule has 4 radical (unpaired) electrons. The summed E-state index contributed by atoms with van der Waals surface area (Å²) in [4.78, 5) is 15.0. The Labute approximate surface area is 102 Å². The Hall–Kier alpha value is -0.830. The van der Waals surface area contributed by atoms with Crippen LogP contribution in [0.3, 0.4) is 0 Å². The van der Waals surface area contributed by atoms with E-state index in [1.54, 1.807) is 6.66 Å². The van der Waals surface area contributed by atoms with Gasteiger partial charge in [0, 0.05) is 0 Å². The van der Waals surface area contributed by atoms with Crippen molar-refractivity contribution < 1.29 is 32.5 Å². The third-order valence-corrected chi connectivity index (χ3v) is 6.84. The maximum atomic E-state index is 7.50. The smallest absolute Gasteiger partial charge is 0.281 e. The van der Waals surface area contributed by atoms with Crippen molar-refractivity contribution in [3.8, 4) is 0 Å². The van der Waals surface area contributed by atoms with Crippen LogP contribution in [-0.4, -0.2) is 13.6 Å². The number of allylic oxidation sites excluding steroid dienone is 8. The zero-order valence-electron chi connectivity index (χ0n) is 8.19. The van der Waals surface area contributed by atoms with Gasteiger partial charge in [0.25, 0.3) is 13.6 Å². The molecular weight excluding hydrogens is 355 g/mol. The maximum absolute atomic E-state index is 7.50. The molecule has 0 aromatic heterocycles. The van der Waals surface area contributed by atoms with Crippen molar-refractivity contribution in [3.05, 3.63) is 43.1 Å². The van der Waals surface area contributed by atoms with Crippen LogP contribution in [0.5, 0.6) is 0 Å². The van der Waals surface area contributed by atoms with Crippen LogP contribution >= 0.6 is 0 Å². The number of carbonyl (C=O) groups excluding carboxylic acids is 2. The van der Waals surface area contributed by atoms with E-state index in [2.05, 4.69) is 50.0 Å². The molecule has 0 fully saturated rings. The molecule has 2 rings (SSSR count). The summed E-state index contributed by atoms with van der Waals surface area (Å²) < 4.78 is 3.50. The van der Waals surface area contributed by atoms with Gasteiger partial charge < -0.3 is 0 Å². The van der Waals surface area contributed by atoms with Crippen molar-refractivity contribution in [3.63, 3.8) is 0 Å². The monoisotopic (exact) mass is 366 g/mol. The third kappa shape index (κ3) is 5.57. The Morgan fingerprint density at radius 3 is 1.53 bits per heavy atom. The molecule has 0 N–H and O–H groups in total. The van der Waals surface area contributed by atoms with Crippen molar-refractivity contribution >= 4 is 13.6 Å². The zero-order valence-corrected chi connectivity index (χ0v) is 11.8. The summed E-state index contributed by atoms with van der Waals surface area (Å²) >= 11 is -0.526. The van der Waals surface area contributed by atoms with Gasteiger partial charge in [-0.25, -0.2) is 0 Å². The van der Waals surface area contributed by atoms with Crippen LogP contribution in [-0.2, 0) is 32.5 Å². The molecule has 0 aromatic carbocycles. The maximum Gasteiger partial charge on any atom is 0.281 e. The van der Waals surface area contributed by atoms with Crippen LogP contribution in [0.2, 0.25) is 0 Å². The Kier molecular flexibility index (Phi) is 9.18. The summed E-state index contributed by atoms with van der Waals surface area (Å²) in [6, 6.07) is 0. The van der Waals surface area contributed by atoms with Crippen molar-refractivity contribution in [2.75, 3.05) is 0 Å². The molecule has 2 aliphatic carbocycles. The molecule has 74 valence electrons. The number of hydrogen-bond donors (Lipinski definition) is 0. The first kappa shape index (κ1) is 14.2. The summed E-state index contributed by atoms with van der Waals surface area (Å²) in [7, 11) is 0. The van der Waals surface area contributed by atoms with Gasteiger partial charge >= 0.3 is 78.9 Å². The van der Waals surface area contributed by atoms with E-state index in [-0.39, 0.29) is 0 Å². The SMILES string of the molecule is C1=CC[C]([Hf][C]2=CC=CC2)=C1.[C]=O.[C]=O. The molecule has 0 unspecified atom stereocenters. The van der Waals surface area contributed by atoms with E-state index in [0.29, 0.717) is 0 Å². The molecule has 0 aliphatic heterocycles. The Morgan fingerprint density at radius 1 is 0.867 bits per heavy atom. The average Bonchev–Trinajstić information content (AvgIpc) is 2.98. The predicted octanol–water partition coefficient (Wildman–Crippen LogP) is 1.96. The normalized spacial score (nSPS) is 15.5. The van der Waals surface area contributed by atoms with Gasteiger partial charge in [-0.3, -0.25) is 9.59 Å². The fraction of sp³-hybridized carbons (Fsp3) is 0.167. The molecular formula is C12H10HfO2. The molecule has 3 heteroatoms. The van der Waals surface area contributed by atoms with Crippen molar-refractivity contribution in [1.82, 2.24) is 0 Å². The van der Waals surface area contributed by atoms with Crippen LogP contribution in [0, 0.1) is 0 Å². The average molecular weight is 365 g/mol. The second-order valence-corrected chi connectivity index (χ2v) is 8.29. The van der Waals surface area contributed by atoms with E-state index >= 15 is 0 Å². The topological polar surface area (TPSA) is 34.1 Å². The van der Waals surface area contributed by atoms with Gasteiger partial charge in [-0.15, -0.1) is 0 Å².